The second kappa shape index (κ2) is 7.61. The van der Waals surface area contributed by atoms with Crippen LogP contribution in [0.1, 0.15) is 0 Å². The lowest BCUT2D eigenvalue weighted by molar-refractivity contribution is -0.301. The summed E-state index contributed by atoms with van der Waals surface area (Å²) in [6.07, 6.45) is -6.71. The first-order chi connectivity index (χ1) is 8.47. The van der Waals surface area contributed by atoms with E-state index in [1.54, 1.807) is 0 Å². The van der Waals surface area contributed by atoms with Crippen molar-refractivity contribution in [2.24, 2.45) is 0 Å². The van der Waals surface area contributed by atoms with Crippen LogP contribution in [0.3, 0.4) is 0 Å². The summed E-state index contributed by atoms with van der Waals surface area (Å²) in [5, 5.41) is 37.4. The largest absolute Gasteiger partial charge is 0.394 e. The van der Waals surface area contributed by atoms with E-state index in [0.717, 1.165) is 0 Å². The molecule has 18 heavy (non-hydrogen) atoms. The molecule has 0 aromatic carbocycles. The highest BCUT2D eigenvalue weighted by atomic mass is 31.2. The molecule has 1 aliphatic heterocycles. The van der Waals surface area contributed by atoms with Gasteiger partial charge in [0.25, 0.3) is 0 Å². The van der Waals surface area contributed by atoms with Gasteiger partial charge in [-0.1, -0.05) is 0 Å². The van der Waals surface area contributed by atoms with Crippen molar-refractivity contribution in [3.63, 3.8) is 0 Å². The fourth-order valence-corrected chi connectivity index (χ4v) is 1.73. The van der Waals surface area contributed by atoms with Gasteiger partial charge in [0.05, 0.1) is 19.8 Å². The highest BCUT2D eigenvalue weighted by Crippen LogP contribution is 2.24. The zero-order valence-corrected chi connectivity index (χ0v) is 10.3. The molecule has 0 aromatic rings. The molecule has 1 rings (SSSR count). The Morgan fingerprint density at radius 2 is 1.67 bits per heavy atom. The van der Waals surface area contributed by atoms with Crippen LogP contribution >= 0.6 is 8.60 Å². The predicted molar refractivity (Wildman–Crippen MR) is 57.0 cm³/mol. The fraction of sp³-hybridized carbons (Fsp3) is 1.00. The summed E-state index contributed by atoms with van der Waals surface area (Å²) in [7, 11) is -2.48. The molecule has 0 aliphatic carbocycles. The maximum absolute atomic E-state index is 9.55. The van der Waals surface area contributed by atoms with E-state index < -0.39 is 45.9 Å². The topological polar surface area (TPSA) is 149 Å². The summed E-state index contributed by atoms with van der Waals surface area (Å²) in [5.74, 6) is 0. The molecule has 0 amide bonds. The summed E-state index contributed by atoms with van der Waals surface area (Å²) in [6.45, 7) is -0.809. The molecular formula is C8H17O9P. The van der Waals surface area contributed by atoms with Crippen molar-refractivity contribution in [3.05, 3.63) is 0 Å². The predicted octanol–water partition coefficient (Wildman–Crippen LogP) is -2.97. The van der Waals surface area contributed by atoms with Gasteiger partial charge in [-0.25, -0.2) is 0 Å². The van der Waals surface area contributed by atoms with Gasteiger partial charge < -0.3 is 44.2 Å². The smallest absolute Gasteiger partial charge is 0.327 e. The Kier molecular flexibility index (Phi) is 6.82. The molecule has 0 saturated carbocycles. The zero-order valence-electron chi connectivity index (χ0n) is 9.36. The van der Waals surface area contributed by atoms with Crippen molar-refractivity contribution < 1.29 is 44.2 Å². The van der Waals surface area contributed by atoms with Crippen LogP contribution in [0.2, 0.25) is 0 Å². The molecule has 108 valence electrons. The van der Waals surface area contributed by atoms with Crippen molar-refractivity contribution in [1.29, 1.82) is 0 Å². The first-order valence-electron chi connectivity index (χ1n) is 5.20. The van der Waals surface area contributed by atoms with Crippen molar-refractivity contribution in [3.8, 4) is 0 Å². The number of aliphatic hydroxyl groups is 4. The minimum Gasteiger partial charge on any atom is -0.394 e. The Hall–Kier alpha value is 0.0700. The quantitative estimate of drug-likeness (QED) is 0.222. The normalized spacial score (nSPS) is 37.2. The van der Waals surface area contributed by atoms with Gasteiger partial charge in [-0.3, -0.25) is 0 Å². The molecule has 0 spiro atoms. The lowest BCUT2D eigenvalue weighted by atomic mass is 9.99. The first kappa shape index (κ1) is 16.1. The van der Waals surface area contributed by atoms with Gasteiger partial charge in [-0.15, -0.1) is 0 Å². The number of rotatable bonds is 6. The van der Waals surface area contributed by atoms with Crippen LogP contribution in [0.4, 0.5) is 0 Å². The fourth-order valence-electron chi connectivity index (χ4n) is 1.49. The van der Waals surface area contributed by atoms with Gasteiger partial charge >= 0.3 is 8.60 Å². The molecule has 0 radical (unpaired) electrons. The van der Waals surface area contributed by atoms with Gasteiger partial charge in [0.2, 0.25) is 0 Å². The molecule has 5 atom stereocenters. The molecule has 1 fully saturated rings. The molecule has 1 saturated heterocycles. The monoisotopic (exact) mass is 288 g/mol. The Bertz CT molecular complexity index is 239. The van der Waals surface area contributed by atoms with Crippen molar-refractivity contribution in [2.75, 3.05) is 19.8 Å². The molecule has 0 bridgehead atoms. The molecule has 5 unspecified atom stereocenters. The van der Waals surface area contributed by atoms with Crippen LogP contribution in [-0.4, -0.2) is 80.7 Å². The molecule has 1 aliphatic rings. The lowest BCUT2D eigenvalue weighted by Crippen LogP contribution is -2.59. The minimum atomic E-state index is -2.48. The summed E-state index contributed by atoms with van der Waals surface area (Å²) in [5.41, 5.74) is 0. The van der Waals surface area contributed by atoms with Gasteiger partial charge in [-0.2, -0.15) is 0 Å². The molecule has 0 aromatic heterocycles. The number of aliphatic hydroxyl groups excluding tert-OH is 4. The van der Waals surface area contributed by atoms with Crippen LogP contribution in [-0.2, 0) is 14.0 Å². The highest BCUT2D eigenvalue weighted by molar-refractivity contribution is 7.39. The zero-order chi connectivity index (χ0) is 13.7. The van der Waals surface area contributed by atoms with Gasteiger partial charge in [0.15, 0.2) is 6.29 Å². The second-order valence-corrected chi connectivity index (χ2v) is 4.42. The number of hydrogen-bond donors (Lipinski definition) is 6. The highest BCUT2D eigenvalue weighted by Gasteiger charge is 2.43. The Labute approximate surface area is 104 Å². The third-order valence-electron chi connectivity index (χ3n) is 2.42. The van der Waals surface area contributed by atoms with Gasteiger partial charge in [0.1, 0.15) is 24.4 Å². The van der Waals surface area contributed by atoms with Crippen LogP contribution in [0, 0.1) is 0 Å². The van der Waals surface area contributed by atoms with E-state index in [2.05, 4.69) is 4.52 Å². The number of ether oxygens (including phenoxy) is 2. The Morgan fingerprint density at radius 1 is 1.00 bits per heavy atom. The Balaban J connectivity index is 2.39. The SMILES string of the molecule is OCC1OC(OCCOP(O)O)C(O)C(O)C1O. The van der Waals surface area contributed by atoms with Crippen molar-refractivity contribution >= 4 is 8.60 Å². The third kappa shape index (κ3) is 4.32. The van der Waals surface area contributed by atoms with E-state index >= 15 is 0 Å². The van der Waals surface area contributed by atoms with Crippen molar-refractivity contribution in [1.82, 2.24) is 0 Å². The minimum absolute atomic E-state index is 0.122. The van der Waals surface area contributed by atoms with E-state index in [0.29, 0.717) is 0 Å². The average molecular weight is 288 g/mol. The summed E-state index contributed by atoms with van der Waals surface area (Å²) in [6, 6.07) is 0. The first-order valence-corrected chi connectivity index (χ1v) is 6.36. The van der Waals surface area contributed by atoms with E-state index in [9.17, 15) is 15.3 Å². The maximum atomic E-state index is 9.55. The van der Waals surface area contributed by atoms with Crippen LogP contribution < -0.4 is 0 Å². The van der Waals surface area contributed by atoms with Gasteiger partial charge in [0, 0.05) is 0 Å². The number of hydrogen-bond acceptors (Lipinski definition) is 9. The van der Waals surface area contributed by atoms with E-state index in [1.165, 1.54) is 0 Å². The second-order valence-electron chi connectivity index (χ2n) is 3.65. The van der Waals surface area contributed by atoms with E-state index in [-0.39, 0.29) is 13.2 Å². The van der Waals surface area contributed by atoms with E-state index in [1.807, 2.05) is 0 Å². The maximum Gasteiger partial charge on any atom is 0.327 e. The molecule has 6 N–H and O–H groups in total. The van der Waals surface area contributed by atoms with E-state index in [4.69, 9.17) is 24.4 Å². The summed E-state index contributed by atoms with van der Waals surface area (Å²) >= 11 is 0. The molecule has 1 heterocycles. The summed E-state index contributed by atoms with van der Waals surface area (Å²) in [4.78, 5) is 16.9. The van der Waals surface area contributed by atoms with Gasteiger partial charge in [-0.05, 0) is 0 Å². The lowest BCUT2D eigenvalue weighted by Gasteiger charge is -2.39. The third-order valence-corrected chi connectivity index (χ3v) is 2.83. The van der Waals surface area contributed by atoms with Crippen LogP contribution in [0.5, 0.6) is 0 Å². The van der Waals surface area contributed by atoms with Crippen LogP contribution in [0.25, 0.3) is 0 Å². The molecule has 9 nitrogen and oxygen atoms in total. The molecule has 10 heteroatoms. The average Bonchev–Trinajstić information content (AvgIpc) is 2.34. The van der Waals surface area contributed by atoms with Crippen LogP contribution in [0.15, 0.2) is 0 Å². The standard InChI is InChI=1S/C8H17O9P/c9-3-4-5(10)6(11)7(12)8(17-4)15-1-2-16-18(13)14/h4-14H,1-3H2. The Morgan fingerprint density at radius 3 is 2.22 bits per heavy atom. The molecular weight excluding hydrogens is 271 g/mol. The summed E-state index contributed by atoms with van der Waals surface area (Å²) < 4.78 is 14.5. The van der Waals surface area contributed by atoms with Crippen molar-refractivity contribution in [2.45, 2.75) is 30.7 Å².